The van der Waals surface area contributed by atoms with Crippen LogP contribution in [-0.2, 0) is 4.79 Å². The predicted octanol–water partition coefficient (Wildman–Crippen LogP) is -0.152. The number of hydrogen-bond donors (Lipinski definition) is 2. The van der Waals surface area contributed by atoms with Gasteiger partial charge in [-0.2, -0.15) is 0 Å². The van der Waals surface area contributed by atoms with Crippen molar-refractivity contribution in [2.24, 2.45) is 0 Å². The third-order valence-electron chi connectivity index (χ3n) is 3.09. The normalized spacial score (nSPS) is 24.6. The molecule has 5 nitrogen and oxygen atoms in total. The molecule has 0 radical (unpaired) electrons. The molecule has 0 aliphatic carbocycles. The molecule has 0 spiro atoms. The third kappa shape index (κ3) is 4.47. The summed E-state index contributed by atoms with van der Waals surface area (Å²) in [6.07, 6.45) is 1.38. The number of carbonyl (C=O) groups is 1. The van der Waals surface area contributed by atoms with Crippen LogP contribution in [0.15, 0.2) is 0 Å². The lowest BCUT2D eigenvalue weighted by Crippen LogP contribution is -2.47. The molecule has 1 rings (SSSR count). The molecule has 1 heterocycles. The minimum absolute atomic E-state index is 0.164. The SMILES string of the molecule is CN(C)C1CCCN(CC(O)CC(=O)O)C1. The standard InChI is InChI=1S/C11H22N2O3/c1-12(2)9-4-3-5-13(7-9)8-10(14)6-11(15)16/h9-10,14H,3-8H2,1-2H3,(H,15,16). The highest BCUT2D eigenvalue weighted by atomic mass is 16.4. The topological polar surface area (TPSA) is 64.0 Å². The number of carboxylic acids is 1. The number of likely N-dealkylation sites (tertiary alicyclic amines) is 1. The second kappa shape index (κ2) is 6.18. The largest absolute Gasteiger partial charge is 0.481 e. The van der Waals surface area contributed by atoms with Crippen LogP contribution in [0.3, 0.4) is 0 Å². The molecule has 1 aliphatic rings. The van der Waals surface area contributed by atoms with Crippen LogP contribution in [-0.4, -0.2) is 71.9 Å². The fraction of sp³-hybridized carbons (Fsp3) is 0.909. The van der Waals surface area contributed by atoms with Gasteiger partial charge in [0, 0.05) is 19.1 Å². The van der Waals surface area contributed by atoms with Crippen molar-refractivity contribution in [1.82, 2.24) is 9.80 Å². The van der Waals surface area contributed by atoms with Crippen LogP contribution in [0.5, 0.6) is 0 Å². The predicted molar refractivity (Wildman–Crippen MR) is 61.4 cm³/mol. The summed E-state index contributed by atoms with van der Waals surface area (Å²) in [6.45, 7) is 2.35. The van der Waals surface area contributed by atoms with Crippen molar-refractivity contribution >= 4 is 5.97 Å². The summed E-state index contributed by atoms with van der Waals surface area (Å²) in [4.78, 5) is 14.8. The van der Waals surface area contributed by atoms with Gasteiger partial charge < -0.3 is 15.1 Å². The molecule has 5 heteroatoms. The Labute approximate surface area is 96.7 Å². The molecule has 94 valence electrons. The second-order valence-corrected chi connectivity index (χ2v) is 4.77. The molecular weight excluding hydrogens is 208 g/mol. The lowest BCUT2D eigenvalue weighted by Gasteiger charge is -2.36. The first-order valence-electron chi connectivity index (χ1n) is 5.77. The van der Waals surface area contributed by atoms with Gasteiger partial charge in [-0.05, 0) is 33.5 Å². The van der Waals surface area contributed by atoms with Gasteiger partial charge in [0.15, 0.2) is 0 Å². The van der Waals surface area contributed by atoms with E-state index in [0.29, 0.717) is 12.6 Å². The average molecular weight is 230 g/mol. The maximum absolute atomic E-state index is 10.4. The van der Waals surface area contributed by atoms with Gasteiger partial charge in [-0.15, -0.1) is 0 Å². The van der Waals surface area contributed by atoms with Crippen molar-refractivity contribution in [3.05, 3.63) is 0 Å². The highest BCUT2D eigenvalue weighted by Gasteiger charge is 2.23. The first kappa shape index (κ1) is 13.4. The zero-order valence-electron chi connectivity index (χ0n) is 10.1. The van der Waals surface area contributed by atoms with E-state index >= 15 is 0 Å². The number of rotatable bonds is 5. The molecule has 2 atom stereocenters. The van der Waals surface area contributed by atoms with Crippen molar-refractivity contribution in [2.45, 2.75) is 31.4 Å². The highest BCUT2D eigenvalue weighted by molar-refractivity contribution is 5.67. The molecule has 2 unspecified atom stereocenters. The Morgan fingerprint density at radius 3 is 2.81 bits per heavy atom. The van der Waals surface area contributed by atoms with Gasteiger partial charge in [0.25, 0.3) is 0 Å². The molecular formula is C11H22N2O3. The highest BCUT2D eigenvalue weighted by Crippen LogP contribution is 2.14. The molecule has 0 aromatic heterocycles. The second-order valence-electron chi connectivity index (χ2n) is 4.77. The van der Waals surface area contributed by atoms with Crippen LogP contribution in [0, 0.1) is 0 Å². The summed E-state index contributed by atoms with van der Waals surface area (Å²) in [7, 11) is 4.11. The minimum atomic E-state index is -0.936. The van der Waals surface area contributed by atoms with Crippen molar-refractivity contribution in [3.63, 3.8) is 0 Å². The Morgan fingerprint density at radius 2 is 2.25 bits per heavy atom. The van der Waals surface area contributed by atoms with Gasteiger partial charge in [0.2, 0.25) is 0 Å². The number of likely N-dealkylation sites (N-methyl/N-ethyl adjacent to an activating group) is 1. The third-order valence-corrected chi connectivity index (χ3v) is 3.09. The lowest BCUT2D eigenvalue weighted by atomic mass is 10.0. The summed E-state index contributed by atoms with van der Waals surface area (Å²) in [5.41, 5.74) is 0. The zero-order chi connectivity index (χ0) is 12.1. The van der Waals surface area contributed by atoms with E-state index in [4.69, 9.17) is 5.11 Å². The number of aliphatic hydroxyl groups is 1. The van der Waals surface area contributed by atoms with Crippen LogP contribution in [0.25, 0.3) is 0 Å². The molecule has 0 amide bonds. The molecule has 16 heavy (non-hydrogen) atoms. The van der Waals surface area contributed by atoms with E-state index in [0.717, 1.165) is 19.5 Å². The number of aliphatic hydroxyl groups excluding tert-OH is 1. The Bertz CT molecular complexity index is 233. The minimum Gasteiger partial charge on any atom is -0.481 e. The molecule has 0 aromatic rings. The van der Waals surface area contributed by atoms with Crippen molar-refractivity contribution < 1.29 is 15.0 Å². The maximum atomic E-state index is 10.4. The molecule has 1 saturated heterocycles. The summed E-state index contributed by atoms with van der Waals surface area (Å²) >= 11 is 0. The number of hydrogen-bond acceptors (Lipinski definition) is 4. The van der Waals surface area contributed by atoms with E-state index in [-0.39, 0.29) is 6.42 Å². The first-order valence-corrected chi connectivity index (χ1v) is 5.77. The molecule has 1 fully saturated rings. The van der Waals surface area contributed by atoms with Crippen molar-refractivity contribution in [2.75, 3.05) is 33.7 Å². The van der Waals surface area contributed by atoms with E-state index in [1.54, 1.807) is 0 Å². The maximum Gasteiger partial charge on any atom is 0.306 e. The van der Waals surface area contributed by atoms with Crippen LogP contribution in [0.1, 0.15) is 19.3 Å². The molecule has 2 N–H and O–H groups in total. The molecule has 1 aliphatic heterocycles. The Kier molecular flexibility index (Phi) is 5.18. The van der Waals surface area contributed by atoms with Crippen LogP contribution >= 0.6 is 0 Å². The summed E-state index contributed by atoms with van der Waals surface area (Å²) in [5, 5.41) is 18.1. The fourth-order valence-corrected chi connectivity index (χ4v) is 2.18. The Morgan fingerprint density at radius 1 is 1.56 bits per heavy atom. The van der Waals surface area contributed by atoms with E-state index in [9.17, 15) is 9.90 Å². The van der Waals surface area contributed by atoms with Gasteiger partial charge in [-0.1, -0.05) is 0 Å². The first-order chi connectivity index (χ1) is 7.49. The Balaban J connectivity index is 2.33. The van der Waals surface area contributed by atoms with Crippen molar-refractivity contribution in [1.29, 1.82) is 0 Å². The smallest absolute Gasteiger partial charge is 0.306 e. The number of aliphatic carboxylic acids is 1. The van der Waals surface area contributed by atoms with Gasteiger partial charge >= 0.3 is 5.97 Å². The molecule has 0 saturated carbocycles. The number of piperidine rings is 1. The van der Waals surface area contributed by atoms with Gasteiger partial charge in [0.05, 0.1) is 12.5 Å². The molecule has 0 bridgehead atoms. The summed E-state index contributed by atoms with van der Waals surface area (Å²) in [5.74, 6) is -0.936. The van der Waals surface area contributed by atoms with E-state index in [2.05, 4.69) is 23.9 Å². The van der Waals surface area contributed by atoms with E-state index in [1.165, 1.54) is 6.42 Å². The summed E-state index contributed by atoms with van der Waals surface area (Å²) < 4.78 is 0. The fourth-order valence-electron chi connectivity index (χ4n) is 2.18. The lowest BCUT2D eigenvalue weighted by molar-refractivity contribution is -0.139. The molecule has 0 aromatic carbocycles. The van der Waals surface area contributed by atoms with E-state index in [1.807, 2.05) is 0 Å². The number of nitrogens with zero attached hydrogens (tertiary/aromatic N) is 2. The summed E-state index contributed by atoms with van der Waals surface area (Å²) in [6, 6.07) is 0.519. The zero-order valence-corrected chi connectivity index (χ0v) is 10.1. The average Bonchev–Trinajstić information content (AvgIpc) is 2.16. The van der Waals surface area contributed by atoms with Gasteiger partial charge in [-0.25, -0.2) is 0 Å². The van der Waals surface area contributed by atoms with Crippen LogP contribution < -0.4 is 0 Å². The van der Waals surface area contributed by atoms with Gasteiger partial charge in [0.1, 0.15) is 0 Å². The quantitative estimate of drug-likeness (QED) is 0.687. The van der Waals surface area contributed by atoms with Gasteiger partial charge in [-0.3, -0.25) is 9.69 Å². The number of carboxylic acid groups (broad SMARTS) is 1. The number of β-amino-alcohol motifs (C(OH)–C–C–N with tert-alkyl or cyclic N) is 1. The Hall–Kier alpha value is -0.650. The van der Waals surface area contributed by atoms with Crippen LogP contribution in [0.4, 0.5) is 0 Å². The van der Waals surface area contributed by atoms with E-state index < -0.39 is 12.1 Å². The van der Waals surface area contributed by atoms with Crippen LogP contribution in [0.2, 0.25) is 0 Å². The monoisotopic (exact) mass is 230 g/mol. The van der Waals surface area contributed by atoms with Crippen molar-refractivity contribution in [3.8, 4) is 0 Å².